The van der Waals surface area contributed by atoms with Gasteiger partial charge in [-0.25, -0.2) is 0 Å². The van der Waals surface area contributed by atoms with Crippen molar-refractivity contribution >= 4 is 69.4 Å². The summed E-state index contributed by atoms with van der Waals surface area (Å²) in [6, 6.07) is 18.9. The summed E-state index contributed by atoms with van der Waals surface area (Å²) >= 11 is 12.2. The number of carbonyl (C=O) groups is 3. The number of nitrogens with one attached hydrogen (secondary N) is 2. The lowest BCUT2D eigenvalue weighted by Gasteiger charge is -2.15. The molecule has 188 valence electrons. The van der Waals surface area contributed by atoms with Gasteiger partial charge in [0.15, 0.2) is 10.9 Å². The number of hydrogen-bond donors (Lipinski definition) is 2. The molecule has 2 N–H and O–H groups in total. The molecular weight excluding hydrogens is 530 g/mol. The van der Waals surface area contributed by atoms with Gasteiger partial charge in [0.25, 0.3) is 17.7 Å². The molecule has 0 aliphatic carbocycles. The Labute approximate surface area is 228 Å². The number of carbonyl (C=O) groups excluding carboxylic acids is 3. The van der Waals surface area contributed by atoms with Crippen LogP contribution in [0.1, 0.15) is 27.0 Å². The predicted molar refractivity (Wildman–Crippen MR) is 150 cm³/mol. The normalized spacial score (nSPS) is 14.1. The summed E-state index contributed by atoms with van der Waals surface area (Å²) in [6.45, 7) is 3.85. The molecule has 0 radical (unpaired) electrons. The number of anilines is 1. The number of amides is 3. The van der Waals surface area contributed by atoms with E-state index in [-0.39, 0.29) is 16.8 Å². The van der Waals surface area contributed by atoms with E-state index in [1.807, 2.05) is 32.0 Å². The Morgan fingerprint density at radius 2 is 1.73 bits per heavy atom. The fraction of sp³-hybridized carbons (Fsp3) is 0.111. The summed E-state index contributed by atoms with van der Waals surface area (Å²) in [5.41, 5.74) is 6.57. The first-order valence-electron chi connectivity index (χ1n) is 11.1. The minimum absolute atomic E-state index is 0.141. The van der Waals surface area contributed by atoms with Crippen molar-refractivity contribution in [3.63, 3.8) is 0 Å². The van der Waals surface area contributed by atoms with Crippen LogP contribution in [0.2, 0.25) is 5.02 Å². The first-order valence-corrected chi connectivity index (χ1v) is 12.7. The summed E-state index contributed by atoms with van der Waals surface area (Å²) < 4.78 is 5.79. The van der Waals surface area contributed by atoms with E-state index >= 15 is 0 Å². The van der Waals surface area contributed by atoms with Crippen molar-refractivity contribution in [1.82, 2.24) is 10.4 Å². The maximum absolute atomic E-state index is 12.8. The smallest absolute Gasteiger partial charge is 0.285 e. The summed E-state index contributed by atoms with van der Waals surface area (Å²) in [4.78, 5) is 37.9. The molecule has 0 unspecified atom stereocenters. The second-order valence-electron chi connectivity index (χ2n) is 8.17. The van der Waals surface area contributed by atoms with Crippen molar-refractivity contribution in [1.29, 1.82) is 0 Å². The van der Waals surface area contributed by atoms with Crippen molar-refractivity contribution in [2.45, 2.75) is 13.8 Å². The standard InChI is InChI=1S/C27H22ClN3O4S2/c1-16-3-10-21(13-17(16)2)29-24(32)15-35-22-11-4-18(5-12-22)14-23-26(34)31(27(36)37-23)30-25(33)19-6-8-20(28)9-7-19/h3-14H,15H2,1-2H3,(H,29,32)(H,30,33)/b23-14-. The zero-order valence-electron chi connectivity index (χ0n) is 19.9. The third-order valence-electron chi connectivity index (χ3n) is 5.45. The van der Waals surface area contributed by atoms with Gasteiger partial charge >= 0.3 is 0 Å². The summed E-state index contributed by atoms with van der Waals surface area (Å²) in [7, 11) is 0. The van der Waals surface area contributed by atoms with Gasteiger partial charge in [-0.05, 0) is 97.4 Å². The van der Waals surface area contributed by atoms with Crippen LogP contribution in [0.4, 0.5) is 5.69 Å². The quantitative estimate of drug-likeness (QED) is 0.297. The third kappa shape index (κ3) is 6.76. The SMILES string of the molecule is Cc1ccc(NC(=O)COc2ccc(/C=C3\SC(=S)N(NC(=O)c4ccc(Cl)cc4)C3=O)cc2)cc1C. The summed E-state index contributed by atoms with van der Waals surface area (Å²) in [5, 5.41) is 4.36. The van der Waals surface area contributed by atoms with Crippen LogP contribution in [0.15, 0.2) is 71.6 Å². The van der Waals surface area contributed by atoms with Crippen LogP contribution >= 0.6 is 35.6 Å². The lowest BCUT2D eigenvalue weighted by Crippen LogP contribution is -2.44. The average molecular weight is 552 g/mol. The van der Waals surface area contributed by atoms with Crippen molar-refractivity contribution in [2.75, 3.05) is 11.9 Å². The fourth-order valence-electron chi connectivity index (χ4n) is 3.31. The lowest BCUT2D eigenvalue weighted by molar-refractivity contribution is -0.123. The summed E-state index contributed by atoms with van der Waals surface area (Å²) in [6.07, 6.45) is 1.67. The van der Waals surface area contributed by atoms with E-state index in [0.717, 1.165) is 33.5 Å². The number of aryl methyl sites for hydroxylation is 2. The summed E-state index contributed by atoms with van der Waals surface area (Å²) in [5.74, 6) is -0.662. The van der Waals surface area contributed by atoms with E-state index in [1.165, 1.54) is 0 Å². The molecule has 7 nitrogen and oxygen atoms in total. The highest BCUT2D eigenvalue weighted by Crippen LogP contribution is 2.31. The van der Waals surface area contributed by atoms with Gasteiger partial charge in [0.1, 0.15) is 5.75 Å². The molecule has 3 aromatic carbocycles. The topological polar surface area (TPSA) is 87.7 Å². The van der Waals surface area contributed by atoms with Gasteiger partial charge in [-0.1, -0.05) is 41.6 Å². The monoisotopic (exact) mass is 551 g/mol. The number of rotatable bonds is 7. The van der Waals surface area contributed by atoms with Crippen molar-refractivity contribution in [2.24, 2.45) is 0 Å². The largest absolute Gasteiger partial charge is 0.484 e. The minimum Gasteiger partial charge on any atom is -0.484 e. The van der Waals surface area contributed by atoms with Gasteiger partial charge in [-0.3, -0.25) is 19.8 Å². The second kappa shape index (κ2) is 11.6. The molecule has 3 aromatic rings. The van der Waals surface area contributed by atoms with Crippen LogP contribution in [0.5, 0.6) is 5.75 Å². The average Bonchev–Trinajstić information content (AvgIpc) is 3.13. The molecule has 10 heteroatoms. The molecule has 4 rings (SSSR count). The van der Waals surface area contributed by atoms with Gasteiger partial charge in [-0.2, -0.15) is 5.01 Å². The number of halogens is 1. The van der Waals surface area contributed by atoms with Crippen LogP contribution in [0.25, 0.3) is 6.08 Å². The Balaban J connectivity index is 1.33. The first-order chi connectivity index (χ1) is 17.7. The Bertz CT molecular complexity index is 1410. The number of thioether (sulfide) groups is 1. The van der Waals surface area contributed by atoms with E-state index < -0.39 is 11.8 Å². The first kappa shape index (κ1) is 26.4. The Morgan fingerprint density at radius 1 is 1.03 bits per heavy atom. The minimum atomic E-state index is -0.475. The van der Waals surface area contributed by atoms with Crippen LogP contribution in [0, 0.1) is 13.8 Å². The van der Waals surface area contributed by atoms with Gasteiger partial charge in [-0.15, -0.1) is 0 Å². The maximum Gasteiger partial charge on any atom is 0.285 e. The van der Waals surface area contributed by atoms with Crippen LogP contribution in [0.3, 0.4) is 0 Å². The molecule has 0 saturated carbocycles. The predicted octanol–water partition coefficient (Wildman–Crippen LogP) is 5.52. The molecule has 0 spiro atoms. The van der Waals surface area contributed by atoms with Crippen molar-refractivity contribution < 1.29 is 19.1 Å². The number of ether oxygens (including phenoxy) is 1. The van der Waals surface area contributed by atoms with E-state index in [0.29, 0.717) is 26.9 Å². The van der Waals surface area contributed by atoms with E-state index in [4.69, 9.17) is 28.6 Å². The Kier molecular flexibility index (Phi) is 8.27. The van der Waals surface area contributed by atoms with Crippen LogP contribution in [-0.4, -0.2) is 33.7 Å². The molecule has 3 amide bonds. The van der Waals surface area contributed by atoms with Crippen LogP contribution < -0.4 is 15.5 Å². The van der Waals surface area contributed by atoms with Gasteiger partial charge in [0, 0.05) is 16.3 Å². The Hall–Kier alpha value is -3.66. The Morgan fingerprint density at radius 3 is 2.41 bits per heavy atom. The molecule has 0 bridgehead atoms. The van der Waals surface area contributed by atoms with Crippen molar-refractivity contribution in [3.05, 3.63) is 98.9 Å². The van der Waals surface area contributed by atoms with Gasteiger partial charge in [0.2, 0.25) is 0 Å². The number of thiocarbonyl (C=S) groups is 1. The van der Waals surface area contributed by atoms with Crippen molar-refractivity contribution in [3.8, 4) is 5.75 Å². The van der Waals surface area contributed by atoms with Gasteiger partial charge < -0.3 is 10.1 Å². The maximum atomic E-state index is 12.8. The van der Waals surface area contributed by atoms with E-state index in [1.54, 1.807) is 54.6 Å². The highest BCUT2D eigenvalue weighted by atomic mass is 35.5. The molecule has 1 heterocycles. The number of benzene rings is 3. The molecule has 37 heavy (non-hydrogen) atoms. The fourth-order valence-corrected chi connectivity index (χ4v) is 4.61. The zero-order chi connectivity index (χ0) is 26.5. The molecule has 1 fully saturated rings. The lowest BCUT2D eigenvalue weighted by atomic mass is 10.1. The molecule has 1 saturated heterocycles. The highest BCUT2D eigenvalue weighted by molar-refractivity contribution is 8.26. The molecule has 1 aliphatic rings. The highest BCUT2D eigenvalue weighted by Gasteiger charge is 2.33. The molecular formula is C27H22ClN3O4S2. The van der Waals surface area contributed by atoms with E-state index in [2.05, 4.69) is 10.7 Å². The molecule has 0 atom stereocenters. The van der Waals surface area contributed by atoms with Gasteiger partial charge in [0.05, 0.1) is 4.91 Å². The number of hydrazine groups is 1. The van der Waals surface area contributed by atoms with E-state index in [9.17, 15) is 14.4 Å². The molecule has 1 aliphatic heterocycles. The number of nitrogens with zero attached hydrogens (tertiary/aromatic N) is 1. The number of hydrogen-bond acceptors (Lipinski definition) is 6. The third-order valence-corrected chi connectivity index (χ3v) is 7.01. The van der Waals surface area contributed by atoms with Crippen LogP contribution in [-0.2, 0) is 9.59 Å². The second-order valence-corrected chi connectivity index (χ2v) is 10.3. The molecule has 0 aromatic heterocycles. The zero-order valence-corrected chi connectivity index (χ0v) is 22.3.